The molecule has 29 heavy (non-hydrogen) atoms. The van der Waals surface area contributed by atoms with Crippen LogP contribution in [-0.2, 0) is 33.1 Å². The zero-order valence-corrected chi connectivity index (χ0v) is 18.4. The van der Waals surface area contributed by atoms with Gasteiger partial charge in [-0.2, -0.15) is 0 Å². The number of amides is 2. The lowest BCUT2D eigenvalue weighted by molar-refractivity contribution is -0.132. The first-order valence-electron chi connectivity index (χ1n) is 9.54. The quantitative estimate of drug-likeness (QED) is 0.641. The standard InChI is InChI=1S/C19H29N5O4S/c1-6-24(7-2)19(26)13-20-18(25)11-10-17-21-15-12-14(29(27,28)22(3)4)8-9-16(15)23(17)5/h8-9,12H,6-7,10-11,13H2,1-5H3,(H,20,25). The van der Waals surface area contributed by atoms with Crippen molar-refractivity contribution < 1.29 is 18.0 Å². The summed E-state index contributed by atoms with van der Waals surface area (Å²) < 4.78 is 27.6. The van der Waals surface area contributed by atoms with E-state index in [-0.39, 0.29) is 29.7 Å². The van der Waals surface area contributed by atoms with Crippen molar-refractivity contribution in [3.63, 3.8) is 0 Å². The van der Waals surface area contributed by atoms with Crippen molar-refractivity contribution in [2.24, 2.45) is 7.05 Å². The van der Waals surface area contributed by atoms with Gasteiger partial charge < -0.3 is 14.8 Å². The highest BCUT2D eigenvalue weighted by molar-refractivity contribution is 7.89. The number of rotatable bonds is 9. The van der Waals surface area contributed by atoms with Gasteiger partial charge in [0, 0.05) is 47.1 Å². The zero-order chi connectivity index (χ0) is 21.8. The van der Waals surface area contributed by atoms with E-state index in [1.165, 1.54) is 20.2 Å². The minimum Gasteiger partial charge on any atom is -0.347 e. The fraction of sp³-hybridized carbons (Fsp3) is 0.526. The van der Waals surface area contributed by atoms with Gasteiger partial charge in [-0.25, -0.2) is 17.7 Å². The summed E-state index contributed by atoms with van der Waals surface area (Å²) >= 11 is 0. The number of imidazole rings is 1. The number of aryl methyl sites for hydroxylation is 2. The van der Waals surface area contributed by atoms with Gasteiger partial charge in [-0.1, -0.05) is 0 Å². The average Bonchev–Trinajstić information content (AvgIpc) is 3.00. The molecule has 1 aromatic carbocycles. The Hall–Kier alpha value is -2.46. The van der Waals surface area contributed by atoms with E-state index in [9.17, 15) is 18.0 Å². The number of sulfonamides is 1. The molecule has 0 saturated heterocycles. The molecule has 1 aromatic heterocycles. The Morgan fingerprint density at radius 3 is 2.41 bits per heavy atom. The summed E-state index contributed by atoms with van der Waals surface area (Å²) in [4.78, 5) is 30.4. The third kappa shape index (κ3) is 5.13. The molecule has 0 atom stereocenters. The predicted molar refractivity (Wildman–Crippen MR) is 111 cm³/mol. The van der Waals surface area contributed by atoms with Crippen LogP contribution >= 0.6 is 0 Å². The maximum atomic E-state index is 12.3. The van der Waals surface area contributed by atoms with E-state index in [1.807, 2.05) is 25.5 Å². The number of likely N-dealkylation sites (N-methyl/N-ethyl adjacent to an activating group) is 1. The predicted octanol–water partition coefficient (Wildman–Crippen LogP) is 0.741. The van der Waals surface area contributed by atoms with Crippen LogP contribution in [0.1, 0.15) is 26.1 Å². The van der Waals surface area contributed by atoms with Crippen LogP contribution in [0.4, 0.5) is 0 Å². The van der Waals surface area contributed by atoms with E-state index >= 15 is 0 Å². The molecule has 2 rings (SSSR count). The van der Waals surface area contributed by atoms with Crippen LogP contribution in [0.15, 0.2) is 23.1 Å². The van der Waals surface area contributed by atoms with Crippen molar-refractivity contribution in [1.29, 1.82) is 0 Å². The van der Waals surface area contributed by atoms with Crippen molar-refractivity contribution >= 4 is 32.9 Å². The zero-order valence-electron chi connectivity index (χ0n) is 17.6. The number of aromatic nitrogens is 2. The van der Waals surface area contributed by atoms with Crippen molar-refractivity contribution in [2.45, 2.75) is 31.6 Å². The maximum absolute atomic E-state index is 12.3. The molecule has 0 radical (unpaired) electrons. The van der Waals surface area contributed by atoms with E-state index in [4.69, 9.17) is 0 Å². The molecule has 1 N–H and O–H groups in total. The van der Waals surface area contributed by atoms with Crippen molar-refractivity contribution in [2.75, 3.05) is 33.7 Å². The van der Waals surface area contributed by atoms with Gasteiger partial charge in [0.05, 0.1) is 22.5 Å². The number of hydrogen-bond acceptors (Lipinski definition) is 5. The number of hydrogen-bond donors (Lipinski definition) is 1. The smallest absolute Gasteiger partial charge is 0.242 e. The first-order valence-corrected chi connectivity index (χ1v) is 11.0. The maximum Gasteiger partial charge on any atom is 0.242 e. The molecule has 0 saturated carbocycles. The number of carbonyl (C=O) groups excluding carboxylic acids is 2. The van der Waals surface area contributed by atoms with Gasteiger partial charge in [0.25, 0.3) is 0 Å². The van der Waals surface area contributed by atoms with E-state index in [1.54, 1.807) is 17.0 Å². The topological polar surface area (TPSA) is 105 Å². The number of nitrogens with one attached hydrogen (secondary N) is 1. The van der Waals surface area contributed by atoms with Crippen LogP contribution in [0.25, 0.3) is 11.0 Å². The van der Waals surface area contributed by atoms with Crippen LogP contribution < -0.4 is 5.32 Å². The summed E-state index contributed by atoms with van der Waals surface area (Å²) in [6, 6.07) is 4.80. The SMILES string of the molecule is CCN(CC)C(=O)CNC(=O)CCc1nc2cc(S(=O)(=O)N(C)C)ccc2n1C. The second kappa shape index (κ2) is 9.36. The molecule has 0 spiro atoms. The van der Waals surface area contributed by atoms with E-state index in [0.29, 0.717) is 30.9 Å². The van der Waals surface area contributed by atoms with Gasteiger partial charge in [0.15, 0.2) is 0 Å². The van der Waals surface area contributed by atoms with Gasteiger partial charge >= 0.3 is 0 Å². The van der Waals surface area contributed by atoms with Gasteiger partial charge in [0.1, 0.15) is 5.82 Å². The molecule has 2 aromatic rings. The molecular weight excluding hydrogens is 394 g/mol. The Balaban J connectivity index is 2.06. The molecule has 10 heteroatoms. The normalized spacial score (nSPS) is 11.8. The number of carbonyl (C=O) groups is 2. The fourth-order valence-electron chi connectivity index (χ4n) is 3.00. The largest absolute Gasteiger partial charge is 0.347 e. The minimum absolute atomic E-state index is 0.0190. The first-order chi connectivity index (χ1) is 13.6. The van der Waals surface area contributed by atoms with Crippen LogP contribution in [0.5, 0.6) is 0 Å². The van der Waals surface area contributed by atoms with Gasteiger partial charge in [-0.15, -0.1) is 0 Å². The highest BCUT2D eigenvalue weighted by Crippen LogP contribution is 2.21. The summed E-state index contributed by atoms with van der Waals surface area (Å²) in [5.41, 5.74) is 1.34. The van der Waals surface area contributed by atoms with Crippen LogP contribution in [0, 0.1) is 0 Å². The minimum atomic E-state index is -3.54. The molecule has 0 aliphatic carbocycles. The monoisotopic (exact) mass is 423 g/mol. The number of nitrogens with zero attached hydrogens (tertiary/aromatic N) is 4. The molecule has 0 unspecified atom stereocenters. The summed E-state index contributed by atoms with van der Waals surface area (Å²) in [7, 11) is 1.24. The molecule has 0 aliphatic heterocycles. The lowest BCUT2D eigenvalue weighted by Crippen LogP contribution is -2.40. The molecule has 1 heterocycles. The molecular formula is C19H29N5O4S. The fourth-order valence-corrected chi connectivity index (χ4v) is 3.92. The summed E-state index contributed by atoms with van der Waals surface area (Å²) in [5, 5.41) is 2.64. The lowest BCUT2D eigenvalue weighted by Gasteiger charge is -2.18. The molecule has 0 fully saturated rings. The van der Waals surface area contributed by atoms with E-state index in [0.717, 1.165) is 9.82 Å². The van der Waals surface area contributed by atoms with Crippen LogP contribution in [0.2, 0.25) is 0 Å². The van der Waals surface area contributed by atoms with Gasteiger partial charge in [-0.3, -0.25) is 9.59 Å². The van der Waals surface area contributed by atoms with Crippen molar-refractivity contribution in [3.05, 3.63) is 24.0 Å². The second-order valence-electron chi connectivity index (χ2n) is 6.87. The Bertz CT molecular complexity index is 993. The molecule has 0 bridgehead atoms. The van der Waals surface area contributed by atoms with Crippen LogP contribution in [-0.4, -0.2) is 72.7 Å². The second-order valence-corrected chi connectivity index (χ2v) is 9.02. The van der Waals surface area contributed by atoms with E-state index in [2.05, 4.69) is 10.3 Å². The Morgan fingerprint density at radius 1 is 1.17 bits per heavy atom. The third-order valence-electron chi connectivity index (χ3n) is 4.85. The summed E-state index contributed by atoms with van der Waals surface area (Å²) in [6.45, 7) is 4.98. The van der Waals surface area contributed by atoms with Crippen LogP contribution in [0.3, 0.4) is 0 Å². The molecule has 2 amide bonds. The Kier molecular flexibility index (Phi) is 7.37. The summed E-state index contributed by atoms with van der Waals surface area (Å²) in [6.07, 6.45) is 0.567. The van der Waals surface area contributed by atoms with Crippen molar-refractivity contribution in [1.82, 2.24) is 24.1 Å². The highest BCUT2D eigenvalue weighted by atomic mass is 32.2. The Labute approximate surface area is 171 Å². The molecule has 0 aliphatic rings. The van der Waals surface area contributed by atoms with Gasteiger partial charge in [-0.05, 0) is 32.0 Å². The summed E-state index contributed by atoms with van der Waals surface area (Å²) in [5.74, 6) is 0.332. The number of benzene rings is 1. The highest BCUT2D eigenvalue weighted by Gasteiger charge is 2.19. The molecule has 9 nitrogen and oxygen atoms in total. The van der Waals surface area contributed by atoms with E-state index < -0.39 is 10.0 Å². The first kappa shape index (κ1) is 22.8. The number of fused-ring (bicyclic) bond motifs is 1. The third-order valence-corrected chi connectivity index (χ3v) is 6.66. The average molecular weight is 424 g/mol. The Morgan fingerprint density at radius 2 is 1.83 bits per heavy atom. The van der Waals surface area contributed by atoms with Gasteiger partial charge in [0.2, 0.25) is 21.8 Å². The lowest BCUT2D eigenvalue weighted by atomic mass is 10.3. The molecule has 160 valence electrons. The van der Waals surface area contributed by atoms with Crippen molar-refractivity contribution in [3.8, 4) is 0 Å².